The van der Waals surface area contributed by atoms with Crippen molar-refractivity contribution in [2.45, 2.75) is 41.5 Å². The molecule has 10 aromatic carbocycles. The number of benzene rings is 10. The quantitative estimate of drug-likeness (QED) is 0.147. The van der Waals surface area contributed by atoms with Gasteiger partial charge in [0.25, 0.3) is 0 Å². The van der Waals surface area contributed by atoms with Crippen molar-refractivity contribution in [2.24, 2.45) is 0 Å². The van der Waals surface area contributed by atoms with Crippen LogP contribution in [0.2, 0.25) is 0 Å². The number of aromatic nitrogens is 1. The average Bonchev–Trinajstić information content (AvgIpc) is 3.97. The molecule has 0 amide bonds. The Bertz CT molecular complexity index is 3800. The fraction of sp³-hybridized carbons (Fsp3) is 0.0909. The maximum atomic E-state index is 2.58. The Morgan fingerprint density at radius 2 is 0.768 bits per heavy atom. The van der Waals surface area contributed by atoms with Crippen LogP contribution in [0, 0.1) is 41.5 Å². The van der Waals surface area contributed by atoms with Crippen LogP contribution < -0.4 is 37.1 Å². The number of para-hydroxylation sites is 2. The van der Waals surface area contributed by atoms with Crippen LogP contribution in [0.5, 0.6) is 0 Å². The van der Waals surface area contributed by atoms with E-state index in [4.69, 9.17) is 0 Å². The first-order valence-electron chi connectivity index (χ1n) is 24.5. The summed E-state index contributed by atoms with van der Waals surface area (Å²) in [5.74, 6) is 0. The van der Waals surface area contributed by atoms with Gasteiger partial charge in [0, 0.05) is 16.5 Å². The smallest absolute Gasteiger partial charge is 0.242 e. The average molecular weight is 898 g/mol. The largest absolute Gasteiger partial charge is 0.309 e. The number of aryl methyl sites for hydroxylation is 6. The second-order valence-corrected chi connectivity index (χ2v) is 23.6. The molecule has 0 bridgehead atoms. The molecule has 69 heavy (non-hydrogen) atoms. The Kier molecular flexibility index (Phi) is 9.42. The van der Waals surface area contributed by atoms with E-state index in [1.807, 2.05) is 0 Å². The molecule has 13 rings (SSSR count). The second-order valence-electron chi connectivity index (χ2n) is 20.0. The summed E-state index contributed by atoms with van der Waals surface area (Å²) in [5.41, 5.74) is 26.3. The lowest BCUT2D eigenvalue weighted by molar-refractivity contribution is 1.18. The summed E-state index contributed by atoms with van der Waals surface area (Å²) < 4.78 is 2.43. The maximum absolute atomic E-state index is 2.78. The fourth-order valence-electron chi connectivity index (χ4n) is 13.1. The molecule has 1 spiro atoms. The van der Waals surface area contributed by atoms with Gasteiger partial charge in [-0.1, -0.05) is 232 Å². The van der Waals surface area contributed by atoms with Crippen LogP contribution in [0.1, 0.15) is 33.4 Å². The van der Waals surface area contributed by atoms with E-state index in [-0.39, 0.29) is 6.71 Å². The minimum Gasteiger partial charge on any atom is -0.309 e. The Hall–Kier alpha value is -7.72. The predicted octanol–water partition coefficient (Wildman–Crippen LogP) is 11.8. The van der Waals surface area contributed by atoms with E-state index in [9.17, 15) is 0 Å². The Balaban J connectivity index is 0.977. The highest BCUT2D eigenvalue weighted by molar-refractivity contribution is 7.24. The summed E-state index contributed by atoms with van der Waals surface area (Å²) in [4.78, 5) is 0. The molecule has 1 aromatic heterocycles. The lowest BCUT2D eigenvalue weighted by Gasteiger charge is -2.28. The molecule has 1 nitrogen and oxygen atoms in total. The molecule has 0 N–H and O–H groups in total. The van der Waals surface area contributed by atoms with Gasteiger partial charge in [-0.15, -0.1) is 0 Å². The molecule has 1 unspecified atom stereocenters. The van der Waals surface area contributed by atoms with Gasteiger partial charge in [-0.2, -0.15) is 0 Å². The molecule has 2 aliphatic heterocycles. The van der Waals surface area contributed by atoms with Crippen LogP contribution >= 0.6 is 0 Å². The van der Waals surface area contributed by atoms with Crippen molar-refractivity contribution in [3.8, 4) is 50.2 Å². The molecule has 0 radical (unpaired) electrons. The van der Waals surface area contributed by atoms with Gasteiger partial charge in [0.1, 0.15) is 0 Å². The van der Waals surface area contributed by atoms with E-state index in [1.165, 1.54) is 143 Å². The van der Waals surface area contributed by atoms with Crippen molar-refractivity contribution in [2.75, 3.05) is 0 Å². The monoisotopic (exact) mass is 897 g/mol. The third-order valence-corrected chi connectivity index (χ3v) is 20.7. The molecular weight excluding hydrogens is 846 g/mol. The van der Waals surface area contributed by atoms with Crippen LogP contribution in [-0.4, -0.2) is 19.4 Å². The Labute approximate surface area is 407 Å². The molecule has 0 saturated carbocycles. The highest BCUT2D eigenvalue weighted by Crippen LogP contribution is 2.40. The van der Waals surface area contributed by atoms with Gasteiger partial charge in [0.15, 0.2) is 8.07 Å². The minimum atomic E-state index is -2.78. The van der Waals surface area contributed by atoms with Crippen molar-refractivity contribution >= 4 is 73.7 Å². The first-order chi connectivity index (χ1) is 33.7. The van der Waals surface area contributed by atoms with Gasteiger partial charge in [-0.05, 0) is 131 Å². The molecular formula is C66H52BNSi. The third kappa shape index (κ3) is 6.16. The number of rotatable bonds is 6. The maximum Gasteiger partial charge on any atom is 0.242 e. The van der Waals surface area contributed by atoms with Crippen molar-refractivity contribution in [3.05, 3.63) is 240 Å². The molecule has 11 aromatic rings. The summed E-state index contributed by atoms with van der Waals surface area (Å²) >= 11 is 0. The Morgan fingerprint density at radius 1 is 0.333 bits per heavy atom. The zero-order valence-corrected chi connectivity index (χ0v) is 41.2. The molecule has 0 aliphatic carbocycles. The van der Waals surface area contributed by atoms with Crippen molar-refractivity contribution < 1.29 is 0 Å². The first kappa shape index (κ1) is 41.5. The van der Waals surface area contributed by atoms with Crippen LogP contribution in [-0.2, 0) is 0 Å². The van der Waals surface area contributed by atoms with Gasteiger partial charge < -0.3 is 4.57 Å². The van der Waals surface area contributed by atoms with Crippen molar-refractivity contribution in [3.63, 3.8) is 0 Å². The lowest BCUT2D eigenvalue weighted by atomic mass is 9.34. The Morgan fingerprint density at radius 3 is 1.35 bits per heavy atom. The van der Waals surface area contributed by atoms with E-state index >= 15 is 0 Å². The van der Waals surface area contributed by atoms with Crippen molar-refractivity contribution in [1.29, 1.82) is 0 Å². The number of hydrogen-bond donors (Lipinski definition) is 0. The lowest BCUT2D eigenvalue weighted by Crippen LogP contribution is -2.70. The SMILES string of the molecule is Cc1cc(C)c(B(c2ccc(-c3ccc4c(c3)[Si]3(c5ccccc5-4)c4ccccc4-c4ccc(-c5ccc6c7ccccc7n(-c7ccccc7)c6c5)cc43)cc2)c2c(C)cc(C)cc2C)c(C)c1. The van der Waals surface area contributed by atoms with Gasteiger partial charge in [0.2, 0.25) is 6.71 Å². The van der Waals surface area contributed by atoms with Crippen molar-refractivity contribution in [1.82, 2.24) is 4.57 Å². The number of hydrogen-bond acceptors (Lipinski definition) is 0. The third-order valence-electron chi connectivity index (χ3n) is 15.7. The van der Waals surface area contributed by atoms with E-state index < -0.39 is 8.07 Å². The number of nitrogens with zero attached hydrogens (tertiary/aromatic N) is 1. The first-order valence-corrected chi connectivity index (χ1v) is 26.5. The van der Waals surface area contributed by atoms with E-state index in [0.717, 1.165) is 0 Å². The van der Waals surface area contributed by atoms with E-state index in [1.54, 1.807) is 0 Å². The zero-order valence-electron chi connectivity index (χ0n) is 40.2. The van der Waals surface area contributed by atoms with Gasteiger partial charge in [-0.3, -0.25) is 0 Å². The minimum absolute atomic E-state index is 0.133. The summed E-state index contributed by atoms with van der Waals surface area (Å²) in [7, 11) is -2.78. The van der Waals surface area contributed by atoms with Gasteiger partial charge in [-0.25, -0.2) is 0 Å². The predicted molar refractivity (Wildman–Crippen MR) is 299 cm³/mol. The molecule has 328 valence electrons. The van der Waals surface area contributed by atoms with Gasteiger partial charge in [0.05, 0.1) is 11.0 Å². The summed E-state index contributed by atoms with van der Waals surface area (Å²) in [6, 6.07) is 79.1. The van der Waals surface area contributed by atoms with Crippen LogP contribution in [0.4, 0.5) is 0 Å². The molecule has 3 heteroatoms. The van der Waals surface area contributed by atoms with Crippen LogP contribution in [0.3, 0.4) is 0 Å². The summed E-state index contributed by atoms with van der Waals surface area (Å²) in [6.45, 7) is 13.7. The fourth-order valence-corrected chi connectivity index (χ4v) is 18.8. The molecule has 0 fully saturated rings. The van der Waals surface area contributed by atoms with Gasteiger partial charge >= 0.3 is 0 Å². The zero-order chi connectivity index (χ0) is 46.7. The standard InChI is InChI=1S/C66H52BNSi/c1-41-34-43(3)65(44(4)35-41)67(66-45(5)36-42(2)37-46(66)6)51-29-24-47(25-30-51)49-27-32-57-55-19-11-14-22-61(55)69(63(57)39-49)62-23-15-12-20-56(62)58-33-28-50(40-64(58)69)48-26-31-54-53-18-10-13-21-59(53)68(60(54)38-48)52-16-8-7-9-17-52/h7-40H,1-6H3. The topological polar surface area (TPSA) is 4.93 Å². The number of fused-ring (bicyclic) bond motifs is 13. The highest BCUT2D eigenvalue weighted by Gasteiger charge is 2.54. The molecule has 1 atom stereocenters. The second kappa shape index (κ2) is 15.7. The highest BCUT2D eigenvalue weighted by atomic mass is 28.3. The molecule has 0 saturated heterocycles. The van der Waals surface area contributed by atoms with Crippen LogP contribution in [0.25, 0.3) is 72.0 Å². The van der Waals surface area contributed by atoms with Crippen LogP contribution in [0.15, 0.2) is 206 Å². The summed E-state index contributed by atoms with van der Waals surface area (Å²) in [5, 5.41) is 8.50. The summed E-state index contributed by atoms with van der Waals surface area (Å²) in [6.07, 6.45) is 0. The molecule has 2 aliphatic rings. The normalized spacial score (nSPS) is 14.3. The van der Waals surface area contributed by atoms with E-state index in [0.29, 0.717) is 0 Å². The molecule has 3 heterocycles. The van der Waals surface area contributed by atoms with E-state index in [2.05, 4.69) is 252 Å².